The number of piperidine rings is 1. The molecule has 0 N–H and O–H groups in total. The molecule has 2 aliphatic heterocycles. The summed E-state index contributed by atoms with van der Waals surface area (Å²) in [5, 5.41) is 7.17. The second kappa shape index (κ2) is 8.68. The highest BCUT2D eigenvalue weighted by Gasteiger charge is 2.35. The first kappa shape index (κ1) is 20.1. The highest BCUT2D eigenvalue weighted by Crippen LogP contribution is 2.36. The van der Waals surface area contributed by atoms with Gasteiger partial charge in [-0.2, -0.15) is 5.10 Å². The van der Waals surface area contributed by atoms with E-state index in [-0.39, 0.29) is 11.9 Å². The average molecular weight is 410 g/mol. The van der Waals surface area contributed by atoms with Crippen LogP contribution in [0.4, 0.5) is 0 Å². The van der Waals surface area contributed by atoms with Gasteiger partial charge in [0.25, 0.3) is 5.91 Å². The van der Waals surface area contributed by atoms with Gasteiger partial charge in [0.2, 0.25) is 0 Å². The van der Waals surface area contributed by atoms with Gasteiger partial charge in [-0.3, -0.25) is 9.69 Å². The molecule has 2 aromatic rings. The molecule has 2 heterocycles. The third-order valence-electron chi connectivity index (χ3n) is 6.13. The zero-order valence-corrected chi connectivity index (χ0v) is 17.9. The van der Waals surface area contributed by atoms with Crippen LogP contribution in [0.1, 0.15) is 48.9 Å². The third kappa shape index (κ3) is 4.39. The van der Waals surface area contributed by atoms with Crippen molar-refractivity contribution in [3.05, 3.63) is 70.2 Å². The number of nitrogens with zero attached hydrogens (tertiary/aromatic N) is 3. The molecule has 0 bridgehead atoms. The molecule has 4 rings (SSSR count). The number of hydrogen-bond acceptors (Lipinski definition) is 3. The Morgan fingerprint density at radius 1 is 1.10 bits per heavy atom. The van der Waals surface area contributed by atoms with E-state index in [4.69, 9.17) is 16.7 Å². The molecule has 29 heavy (non-hydrogen) atoms. The summed E-state index contributed by atoms with van der Waals surface area (Å²) in [4.78, 5) is 15.6. The number of rotatable bonds is 4. The lowest BCUT2D eigenvalue weighted by Gasteiger charge is -2.31. The summed E-state index contributed by atoms with van der Waals surface area (Å²) in [5.41, 5.74) is 4.12. The van der Waals surface area contributed by atoms with Crippen molar-refractivity contribution in [1.82, 2.24) is 9.91 Å². The number of carbonyl (C=O) groups is 1. The average Bonchev–Trinajstić information content (AvgIpc) is 3.15. The number of hydrazone groups is 1. The Labute approximate surface area is 178 Å². The predicted molar refractivity (Wildman–Crippen MR) is 118 cm³/mol. The molecule has 0 spiro atoms. The van der Waals surface area contributed by atoms with Crippen LogP contribution in [0.3, 0.4) is 0 Å². The maximum absolute atomic E-state index is 13.3. The van der Waals surface area contributed by atoms with Crippen LogP contribution in [-0.2, 0) is 4.79 Å². The Bertz CT molecular complexity index is 918. The molecule has 0 aliphatic carbocycles. The van der Waals surface area contributed by atoms with Crippen molar-refractivity contribution >= 4 is 23.2 Å². The number of halogens is 1. The second-order valence-electron chi connectivity index (χ2n) is 8.30. The molecular formula is C24H28ClN3O. The van der Waals surface area contributed by atoms with Crippen LogP contribution >= 0.6 is 11.6 Å². The van der Waals surface area contributed by atoms with Gasteiger partial charge >= 0.3 is 0 Å². The maximum Gasteiger partial charge on any atom is 0.257 e. The number of carbonyl (C=O) groups excluding carboxylic acids is 1. The fraction of sp³-hybridized carbons (Fsp3) is 0.417. The normalized spacial score (nSPS) is 20.7. The smallest absolute Gasteiger partial charge is 0.257 e. The van der Waals surface area contributed by atoms with Gasteiger partial charge < -0.3 is 0 Å². The van der Waals surface area contributed by atoms with E-state index in [9.17, 15) is 4.79 Å². The van der Waals surface area contributed by atoms with E-state index in [0.717, 1.165) is 48.7 Å². The molecule has 1 amide bonds. The van der Waals surface area contributed by atoms with Crippen molar-refractivity contribution in [3.8, 4) is 0 Å². The number of hydrogen-bond donors (Lipinski definition) is 0. The molecule has 0 aromatic heterocycles. The minimum atomic E-state index is -0.0845. The van der Waals surface area contributed by atoms with E-state index in [1.807, 2.05) is 36.4 Å². The minimum absolute atomic E-state index is 0.0647. The topological polar surface area (TPSA) is 35.9 Å². The van der Waals surface area contributed by atoms with Crippen molar-refractivity contribution < 1.29 is 4.79 Å². The summed E-state index contributed by atoms with van der Waals surface area (Å²) < 4.78 is 0. The summed E-state index contributed by atoms with van der Waals surface area (Å²) in [6, 6.07) is 15.9. The Morgan fingerprint density at radius 2 is 1.79 bits per heavy atom. The maximum atomic E-state index is 13.3. The van der Waals surface area contributed by atoms with Gasteiger partial charge in [0.05, 0.1) is 18.3 Å². The van der Waals surface area contributed by atoms with E-state index in [1.165, 1.54) is 5.56 Å². The van der Waals surface area contributed by atoms with Gasteiger partial charge in [0, 0.05) is 17.0 Å². The van der Waals surface area contributed by atoms with Crippen LogP contribution in [0.15, 0.2) is 53.6 Å². The molecule has 2 aromatic carbocycles. The summed E-state index contributed by atoms with van der Waals surface area (Å²) in [6.07, 6.45) is 2.99. The van der Waals surface area contributed by atoms with Crippen LogP contribution in [0.5, 0.6) is 0 Å². The zero-order chi connectivity index (χ0) is 20.4. The fourth-order valence-electron chi connectivity index (χ4n) is 4.29. The van der Waals surface area contributed by atoms with Crippen molar-refractivity contribution in [2.45, 2.75) is 39.2 Å². The van der Waals surface area contributed by atoms with Crippen LogP contribution in [0.25, 0.3) is 0 Å². The van der Waals surface area contributed by atoms with Crippen molar-refractivity contribution in [2.24, 2.45) is 11.0 Å². The lowest BCUT2D eigenvalue weighted by molar-refractivity contribution is -0.134. The lowest BCUT2D eigenvalue weighted by atomic mass is 9.95. The summed E-state index contributed by atoms with van der Waals surface area (Å²) >= 11 is 6.43. The molecule has 1 atom stereocenters. The summed E-state index contributed by atoms with van der Waals surface area (Å²) in [7, 11) is 0. The zero-order valence-electron chi connectivity index (χ0n) is 17.1. The quantitative estimate of drug-likeness (QED) is 0.707. The predicted octanol–water partition coefficient (Wildman–Crippen LogP) is 5.06. The van der Waals surface area contributed by atoms with Crippen LogP contribution in [-0.4, -0.2) is 41.2 Å². The van der Waals surface area contributed by atoms with Crippen LogP contribution in [0, 0.1) is 12.8 Å². The Balaban J connectivity index is 1.61. The van der Waals surface area contributed by atoms with Crippen LogP contribution in [0.2, 0.25) is 5.02 Å². The highest BCUT2D eigenvalue weighted by atomic mass is 35.5. The van der Waals surface area contributed by atoms with E-state index < -0.39 is 0 Å². The van der Waals surface area contributed by atoms with E-state index in [1.54, 1.807) is 5.01 Å². The van der Waals surface area contributed by atoms with E-state index in [2.05, 4.69) is 30.9 Å². The lowest BCUT2D eigenvalue weighted by Crippen LogP contribution is -2.41. The molecule has 4 nitrogen and oxygen atoms in total. The first-order valence-corrected chi connectivity index (χ1v) is 10.8. The van der Waals surface area contributed by atoms with Crippen molar-refractivity contribution in [1.29, 1.82) is 0 Å². The molecule has 152 valence electrons. The minimum Gasteiger partial charge on any atom is -0.294 e. The number of aryl methyl sites for hydroxylation is 1. The van der Waals surface area contributed by atoms with Gasteiger partial charge in [-0.05, 0) is 56.0 Å². The molecule has 0 radical (unpaired) electrons. The Morgan fingerprint density at radius 3 is 2.52 bits per heavy atom. The fourth-order valence-corrected chi connectivity index (χ4v) is 4.53. The number of likely N-dealkylation sites (tertiary alicyclic amines) is 1. The number of benzene rings is 2. The van der Waals surface area contributed by atoms with Crippen molar-refractivity contribution in [3.63, 3.8) is 0 Å². The molecule has 1 unspecified atom stereocenters. The monoisotopic (exact) mass is 409 g/mol. The summed E-state index contributed by atoms with van der Waals surface area (Å²) in [6.45, 7) is 6.77. The molecule has 1 saturated heterocycles. The summed E-state index contributed by atoms with van der Waals surface area (Å²) in [5.74, 6) is 0.813. The molecule has 2 aliphatic rings. The van der Waals surface area contributed by atoms with Gasteiger partial charge in [0.1, 0.15) is 0 Å². The molecular weight excluding hydrogens is 382 g/mol. The van der Waals surface area contributed by atoms with Gasteiger partial charge in [-0.15, -0.1) is 0 Å². The van der Waals surface area contributed by atoms with Gasteiger partial charge in [-0.1, -0.05) is 61.0 Å². The van der Waals surface area contributed by atoms with E-state index in [0.29, 0.717) is 18.0 Å². The van der Waals surface area contributed by atoms with Crippen LogP contribution < -0.4 is 0 Å². The second-order valence-corrected chi connectivity index (χ2v) is 8.71. The van der Waals surface area contributed by atoms with E-state index >= 15 is 0 Å². The largest absolute Gasteiger partial charge is 0.294 e. The molecule has 5 heteroatoms. The standard InChI is InChI=1S/C24H28ClN3O/c1-17-11-13-27(14-12-17)16-24(29)28-23(19-8-4-3-7-18(19)2)15-22(26-28)20-9-5-6-10-21(20)25/h3-10,17,23H,11-16H2,1-2H3. The highest BCUT2D eigenvalue weighted by molar-refractivity contribution is 6.34. The Kier molecular flexibility index (Phi) is 6.02. The van der Waals surface area contributed by atoms with Gasteiger partial charge in [-0.25, -0.2) is 5.01 Å². The molecule has 0 saturated carbocycles. The first-order chi connectivity index (χ1) is 14.0. The number of amides is 1. The molecule has 1 fully saturated rings. The van der Waals surface area contributed by atoms with Gasteiger partial charge in [0.15, 0.2) is 0 Å². The SMILES string of the molecule is Cc1ccccc1C1CC(c2ccccc2Cl)=NN1C(=O)CN1CCC(C)CC1. The van der Waals surface area contributed by atoms with Crippen molar-refractivity contribution in [2.75, 3.05) is 19.6 Å². The Hall–Kier alpha value is -2.17. The third-order valence-corrected chi connectivity index (χ3v) is 6.46. The first-order valence-electron chi connectivity index (χ1n) is 10.4.